The van der Waals surface area contributed by atoms with Crippen LogP contribution < -0.4 is 0 Å². The van der Waals surface area contributed by atoms with Crippen LogP contribution in [-0.2, 0) is 4.79 Å². The van der Waals surface area contributed by atoms with E-state index in [2.05, 4.69) is 22.6 Å². The van der Waals surface area contributed by atoms with Gasteiger partial charge in [0.05, 0.1) is 3.92 Å². The van der Waals surface area contributed by atoms with Crippen LogP contribution in [0, 0.1) is 5.92 Å². The number of hydrogen-bond donors (Lipinski definition) is 0. The highest BCUT2D eigenvalue weighted by Gasteiger charge is 2.26. The Bertz CT molecular complexity index is 132. The third-order valence-electron chi connectivity index (χ3n) is 2.03. The Labute approximate surface area is 79.6 Å². The molecule has 0 aromatic carbocycles. The Hall–Kier alpha value is 0.690. The van der Waals surface area contributed by atoms with Gasteiger partial charge in [0, 0.05) is 0 Å². The van der Waals surface area contributed by atoms with Crippen LogP contribution in [0.2, 0.25) is 0 Å². The highest BCUT2D eigenvalue weighted by molar-refractivity contribution is 14.1. The van der Waals surface area contributed by atoms with E-state index in [1.165, 1.54) is 25.7 Å². The lowest BCUT2D eigenvalue weighted by Crippen LogP contribution is -2.16. The van der Waals surface area contributed by atoms with Crippen molar-refractivity contribution in [2.45, 2.75) is 29.6 Å². The molecule has 0 spiro atoms. The van der Waals surface area contributed by atoms with Gasteiger partial charge in [-0.15, -0.1) is 0 Å². The minimum atomic E-state index is -0.174. The van der Waals surface area contributed by atoms with Gasteiger partial charge in [0.1, 0.15) is 0 Å². The minimum absolute atomic E-state index is 0.0572. The fourth-order valence-electron chi connectivity index (χ4n) is 1.44. The molecule has 1 nitrogen and oxygen atoms in total. The number of halogens is 2. The summed E-state index contributed by atoms with van der Waals surface area (Å²) in [7, 11) is 0. The van der Waals surface area contributed by atoms with Gasteiger partial charge in [0.15, 0.2) is 0 Å². The zero-order valence-corrected chi connectivity index (χ0v) is 8.56. The molecule has 1 atom stereocenters. The fourth-order valence-corrected chi connectivity index (χ4v) is 2.33. The molecule has 0 aromatic heterocycles. The molecule has 1 aliphatic rings. The van der Waals surface area contributed by atoms with E-state index in [1.807, 2.05) is 0 Å². The number of alkyl halides is 1. The van der Waals surface area contributed by atoms with E-state index < -0.39 is 0 Å². The van der Waals surface area contributed by atoms with Crippen LogP contribution in [0.4, 0.5) is 0 Å². The molecule has 0 N–H and O–H groups in total. The van der Waals surface area contributed by atoms with Crippen LogP contribution in [0.1, 0.15) is 25.7 Å². The number of carbonyl (C=O) groups is 1. The quantitative estimate of drug-likeness (QED) is 0.429. The van der Waals surface area contributed by atoms with Crippen LogP contribution in [0.3, 0.4) is 0 Å². The zero-order chi connectivity index (χ0) is 7.56. The van der Waals surface area contributed by atoms with Gasteiger partial charge in [-0.05, 0) is 30.4 Å². The van der Waals surface area contributed by atoms with Crippen molar-refractivity contribution in [3.63, 3.8) is 0 Å². The lowest BCUT2D eigenvalue weighted by atomic mass is 10.1. The van der Waals surface area contributed by atoms with Crippen LogP contribution in [0.25, 0.3) is 0 Å². The summed E-state index contributed by atoms with van der Waals surface area (Å²) in [5.41, 5.74) is 0. The monoisotopic (exact) mass is 272 g/mol. The Morgan fingerprint density at radius 1 is 1.50 bits per heavy atom. The molecule has 1 aliphatic carbocycles. The van der Waals surface area contributed by atoms with Gasteiger partial charge in [-0.25, -0.2) is 0 Å². The molecule has 58 valence electrons. The first-order valence-corrected chi connectivity index (χ1v) is 5.17. The topological polar surface area (TPSA) is 17.1 Å². The average molecular weight is 273 g/mol. The average Bonchev–Trinajstić information content (AvgIpc) is 2.36. The fraction of sp³-hybridized carbons (Fsp3) is 0.857. The maximum absolute atomic E-state index is 10.7. The molecule has 1 fully saturated rings. The first-order chi connectivity index (χ1) is 4.72. The normalized spacial score (nSPS) is 23.0. The van der Waals surface area contributed by atoms with E-state index in [-0.39, 0.29) is 9.17 Å². The molecule has 3 heteroatoms. The predicted molar refractivity (Wildman–Crippen MR) is 50.6 cm³/mol. The molecule has 0 saturated heterocycles. The van der Waals surface area contributed by atoms with Gasteiger partial charge in [-0.2, -0.15) is 0 Å². The van der Waals surface area contributed by atoms with E-state index >= 15 is 0 Å². The van der Waals surface area contributed by atoms with Crippen molar-refractivity contribution in [3.05, 3.63) is 0 Å². The zero-order valence-electron chi connectivity index (χ0n) is 5.65. The van der Waals surface area contributed by atoms with Gasteiger partial charge in [-0.3, -0.25) is 4.79 Å². The van der Waals surface area contributed by atoms with Crippen molar-refractivity contribution in [1.29, 1.82) is 0 Å². The predicted octanol–water partition coefficient (Wildman–Crippen LogP) is 2.75. The van der Waals surface area contributed by atoms with E-state index in [4.69, 9.17) is 11.6 Å². The van der Waals surface area contributed by atoms with Crippen molar-refractivity contribution in [2.75, 3.05) is 0 Å². The van der Waals surface area contributed by atoms with E-state index in [1.54, 1.807) is 0 Å². The lowest BCUT2D eigenvalue weighted by molar-refractivity contribution is -0.111. The summed E-state index contributed by atoms with van der Waals surface area (Å²) in [4.78, 5) is 10.7. The van der Waals surface area contributed by atoms with Crippen LogP contribution in [0.15, 0.2) is 0 Å². The Morgan fingerprint density at radius 2 is 2.00 bits per heavy atom. The van der Waals surface area contributed by atoms with Crippen molar-refractivity contribution < 1.29 is 4.79 Å². The molecule has 0 heterocycles. The molecule has 0 aromatic rings. The highest BCUT2D eigenvalue weighted by atomic mass is 127. The van der Waals surface area contributed by atoms with Crippen LogP contribution in [0.5, 0.6) is 0 Å². The third kappa shape index (κ3) is 2.09. The van der Waals surface area contributed by atoms with E-state index in [0.717, 1.165) is 0 Å². The summed E-state index contributed by atoms with van der Waals surface area (Å²) in [5.74, 6) is 0.561. The molecule has 0 aliphatic heterocycles. The number of rotatable bonds is 2. The summed E-state index contributed by atoms with van der Waals surface area (Å²) < 4.78 is 0.0572. The second kappa shape index (κ2) is 3.90. The van der Waals surface area contributed by atoms with Gasteiger partial charge in [0.25, 0.3) is 0 Å². The summed E-state index contributed by atoms with van der Waals surface area (Å²) in [6.45, 7) is 0. The molecule has 0 amide bonds. The van der Waals surface area contributed by atoms with Crippen molar-refractivity contribution >= 4 is 39.4 Å². The summed E-state index contributed by atoms with van der Waals surface area (Å²) >= 11 is 7.51. The second-order valence-electron chi connectivity index (χ2n) is 2.75. The Balaban J connectivity index is 2.39. The van der Waals surface area contributed by atoms with E-state index in [0.29, 0.717) is 5.92 Å². The Morgan fingerprint density at radius 3 is 2.40 bits per heavy atom. The van der Waals surface area contributed by atoms with E-state index in [9.17, 15) is 4.79 Å². The van der Waals surface area contributed by atoms with Crippen molar-refractivity contribution in [1.82, 2.24) is 0 Å². The second-order valence-corrected chi connectivity index (χ2v) is 4.46. The molecular weight excluding hydrogens is 262 g/mol. The van der Waals surface area contributed by atoms with Crippen LogP contribution >= 0.6 is 34.2 Å². The summed E-state index contributed by atoms with van der Waals surface area (Å²) in [6.07, 6.45) is 4.92. The number of carbonyl (C=O) groups excluding carboxylic acids is 1. The maximum Gasteiger partial charge on any atom is 0.234 e. The van der Waals surface area contributed by atoms with Gasteiger partial charge < -0.3 is 0 Å². The van der Waals surface area contributed by atoms with Crippen molar-refractivity contribution in [2.24, 2.45) is 5.92 Å². The molecule has 10 heavy (non-hydrogen) atoms. The third-order valence-corrected chi connectivity index (χ3v) is 4.22. The molecule has 0 radical (unpaired) electrons. The highest BCUT2D eigenvalue weighted by Crippen LogP contribution is 2.32. The van der Waals surface area contributed by atoms with Gasteiger partial charge >= 0.3 is 0 Å². The first kappa shape index (κ1) is 8.78. The smallest absolute Gasteiger partial charge is 0.234 e. The largest absolute Gasteiger partial charge is 0.280 e. The summed E-state index contributed by atoms with van der Waals surface area (Å²) in [6, 6.07) is 0. The molecule has 1 saturated carbocycles. The molecule has 1 rings (SSSR count). The molecule has 0 bridgehead atoms. The lowest BCUT2D eigenvalue weighted by Gasteiger charge is -2.11. The minimum Gasteiger partial charge on any atom is -0.280 e. The summed E-state index contributed by atoms with van der Waals surface area (Å²) in [5, 5.41) is -0.174. The molecular formula is C7H10ClIO. The van der Waals surface area contributed by atoms with Gasteiger partial charge in [0.2, 0.25) is 5.24 Å². The van der Waals surface area contributed by atoms with Gasteiger partial charge in [-0.1, -0.05) is 35.4 Å². The number of hydrogen-bond acceptors (Lipinski definition) is 1. The van der Waals surface area contributed by atoms with Crippen molar-refractivity contribution in [3.8, 4) is 0 Å². The maximum atomic E-state index is 10.7. The molecule has 1 unspecified atom stereocenters. The van der Waals surface area contributed by atoms with Crippen LogP contribution in [-0.4, -0.2) is 9.17 Å². The first-order valence-electron chi connectivity index (χ1n) is 3.55. The SMILES string of the molecule is O=C(Cl)C(I)C1CCCC1. The standard InChI is InChI=1S/C7H10ClIO/c8-7(10)6(9)5-3-1-2-4-5/h5-6H,1-4H2. The Kier molecular flexibility index (Phi) is 3.43.